The zero-order valence-electron chi connectivity index (χ0n) is 3.94. The number of amides is 1. The fourth-order valence-electron chi connectivity index (χ4n) is 0.196. The molecule has 0 rings (SSSR count). The quantitative estimate of drug-likeness (QED) is 0.478. The zero-order valence-corrected chi connectivity index (χ0v) is 3.94. The Hall–Kier alpha value is -0.860. The number of rotatable bonds is 1. The number of hydrogen-bond acceptors (Lipinski definition) is 1. The summed E-state index contributed by atoms with van der Waals surface area (Å²) in [5.74, 6) is -1.31. The third-order valence-electron chi connectivity index (χ3n) is 0.341. The molecule has 0 radical (unpaired) electrons. The van der Waals surface area contributed by atoms with Gasteiger partial charge in [0.15, 0.2) is 0 Å². The Morgan fingerprint density at radius 1 is 1.86 bits per heavy atom. The van der Waals surface area contributed by atoms with Crippen LogP contribution in [0, 0.1) is 0 Å². The van der Waals surface area contributed by atoms with Crippen molar-refractivity contribution < 1.29 is 9.18 Å². The van der Waals surface area contributed by atoms with Gasteiger partial charge in [-0.3, -0.25) is 4.79 Å². The lowest BCUT2D eigenvalue weighted by Crippen LogP contribution is -2.05. The normalized spacial score (nSPS) is 11.4. The minimum absolute atomic E-state index is 0.562. The third kappa shape index (κ3) is 5.14. The minimum Gasteiger partial charge on any atom is -0.366 e. The van der Waals surface area contributed by atoms with E-state index in [2.05, 4.69) is 5.73 Å². The van der Waals surface area contributed by atoms with Crippen LogP contribution in [0.15, 0.2) is 11.9 Å². The molecule has 1 amide bonds. The molecule has 2 N–H and O–H groups in total. The van der Waals surface area contributed by atoms with Crippen LogP contribution in [0.25, 0.3) is 0 Å². The highest BCUT2D eigenvalue weighted by Crippen LogP contribution is 1.88. The van der Waals surface area contributed by atoms with E-state index in [1.165, 1.54) is 0 Å². The van der Waals surface area contributed by atoms with Crippen LogP contribution in [0.2, 0.25) is 0 Å². The van der Waals surface area contributed by atoms with Gasteiger partial charge in [-0.15, -0.1) is 0 Å². The number of allylic oxidation sites excluding steroid dienone is 1. The van der Waals surface area contributed by atoms with Gasteiger partial charge in [0, 0.05) is 6.08 Å². The van der Waals surface area contributed by atoms with Crippen molar-refractivity contribution in [2.24, 2.45) is 5.73 Å². The average molecular weight is 103 g/mol. The molecule has 0 aliphatic heterocycles. The second-order valence-corrected chi connectivity index (χ2v) is 1.13. The number of primary amides is 1. The molecule has 0 aromatic heterocycles. The fourth-order valence-corrected chi connectivity index (χ4v) is 0.196. The molecule has 0 heterocycles. The van der Waals surface area contributed by atoms with Crippen LogP contribution in [0.5, 0.6) is 0 Å². The molecular formula is C4H6FNO. The summed E-state index contributed by atoms with van der Waals surface area (Å²) in [5, 5.41) is 0. The molecule has 0 aliphatic carbocycles. The van der Waals surface area contributed by atoms with Crippen molar-refractivity contribution in [1.29, 1.82) is 0 Å². The second kappa shape index (κ2) is 2.34. The van der Waals surface area contributed by atoms with Crippen LogP contribution < -0.4 is 5.73 Å². The maximum Gasteiger partial charge on any atom is 0.243 e. The van der Waals surface area contributed by atoms with Crippen LogP contribution >= 0.6 is 0 Å². The average Bonchev–Trinajstić information content (AvgIpc) is 1.27. The molecule has 7 heavy (non-hydrogen) atoms. The van der Waals surface area contributed by atoms with E-state index in [9.17, 15) is 9.18 Å². The summed E-state index contributed by atoms with van der Waals surface area (Å²) >= 11 is 0. The van der Waals surface area contributed by atoms with Gasteiger partial charge in [-0.1, -0.05) is 0 Å². The molecule has 0 bridgehead atoms. The standard InChI is InChI=1S/C4H6FNO/c1-3(5)2-4(6)7/h2H,1H3,(H2,6,7)/b3-2+. The van der Waals surface area contributed by atoms with Gasteiger partial charge in [0.2, 0.25) is 5.91 Å². The molecule has 3 heteroatoms. The van der Waals surface area contributed by atoms with E-state index < -0.39 is 11.7 Å². The Kier molecular flexibility index (Phi) is 2.05. The van der Waals surface area contributed by atoms with E-state index in [0.717, 1.165) is 13.0 Å². The highest BCUT2D eigenvalue weighted by molar-refractivity contribution is 5.86. The lowest BCUT2D eigenvalue weighted by molar-refractivity contribution is -0.113. The number of nitrogens with two attached hydrogens (primary N) is 1. The van der Waals surface area contributed by atoms with E-state index in [0.29, 0.717) is 0 Å². The summed E-state index contributed by atoms with van der Waals surface area (Å²) in [6.45, 7) is 1.16. The summed E-state index contributed by atoms with van der Waals surface area (Å²) in [6.07, 6.45) is 0.722. The van der Waals surface area contributed by atoms with Gasteiger partial charge in [0.25, 0.3) is 0 Å². The van der Waals surface area contributed by atoms with E-state index >= 15 is 0 Å². The molecule has 0 spiro atoms. The van der Waals surface area contributed by atoms with Crippen LogP contribution in [0.1, 0.15) is 6.92 Å². The molecule has 0 aromatic rings. The Morgan fingerprint density at radius 2 is 2.29 bits per heavy atom. The number of carbonyl (C=O) groups excluding carboxylic acids is 1. The van der Waals surface area contributed by atoms with Gasteiger partial charge < -0.3 is 5.73 Å². The fraction of sp³-hybridized carbons (Fsp3) is 0.250. The SMILES string of the molecule is C/C(F)=C\C(N)=O. The second-order valence-electron chi connectivity index (χ2n) is 1.13. The summed E-state index contributed by atoms with van der Waals surface area (Å²) in [5.41, 5.74) is 4.54. The summed E-state index contributed by atoms with van der Waals surface area (Å²) < 4.78 is 11.5. The molecule has 0 saturated heterocycles. The van der Waals surface area contributed by atoms with E-state index in [1.807, 2.05) is 0 Å². The first-order chi connectivity index (χ1) is 3.13. The van der Waals surface area contributed by atoms with Gasteiger partial charge in [0.1, 0.15) is 5.83 Å². The van der Waals surface area contributed by atoms with Crippen molar-refractivity contribution in [1.82, 2.24) is 0 Å². The lowest BCUT2D eigenvalue weighted by Gasteiger charge is -1.77. The maximum absolute atomic E-state index is 11.5. The molecule has 0 atom stereocenters. The van der Waals surface area contributed by atoms with Crippen molar-refractivity contribution >= 4 is 5.91 Å². The lowest BCUT2D eigenvalue weighted by atomic mass is 10.5. The number of hydrogen-bond donors (Lipinski definition) is 1. The number of carbonyl (C=O) groups is 1. The van der Waals surface area contributed by atoms with Crippen LogP contribution in [0.4, 0.5) is 4.39 Å². The zero-order chi connectivity index (χ0) is 5.86. The van der Waals surface area contributed by atoms with Gasteiger partial charge in [-0.25, -0.2) is 4.39 Å². The topological polar surface area (TPSA) is 43.1 Å². The predicted octanol–water partition coefficient (Wildman–Crippen LogP) is 0.345. The van der Waals surface area contributed by atoms with Crippen LogP contribution in [-0.2, 0) is 4.79 Å². The highest BCUT2D eigenvalue weighted by atomic mass is 19.1. The minimum atomic E-state index is -0.750. The van der Waals surface area contributed by atoms with Crippen LogP contribution in [0.3, 0.4) is 0 Å². The Balaban J connectivity index is 3.68. The van der Waals surface area contributed by atoms with Gasteiger partial charge in [-0.2, -0.15) is 0 Å². The van der Waals surface area contributed by atoms with Crippen molar-refractivity contribution in [3.63, 3.8) is 0 Å². The predicted molar refractivity (Wildman–Crippen MR) is 24.1 cm³/mol. The van der Waals surface area contributed by atoms with Crippen molar-refractivity contribution in [2.75, 3.05) is 0 Å². The summed E-state index contributed by atoms with van der Waals surface area (Å²) in [6, 6.07) is 0. The largest absolute Gasteiger partial charge is 0.366 e. The first-order valence-electron chi connectivity index (χ1n) is 1.76. The third-order valence-corrected chi connectivity index (χ3v) is 0.341. The first kappa shape index (κ1) is 6.14. The van der Waals surface area contributed by atoms with Gasteiger partial charge in [0.05, 0.1) is 0 Å². The maximum atomic E-state index is 11.5. The summed E-state index contributed by atoms with van der Waals surface area (Å²) in [4.78, 5) is 9.72. The van der Waals surface area contributed by atoms with E-state index in [-0.39, 0.29) is 0 Å². The number of halogens is 1. The van der Waals surface area contributed by atoms with Gasteiger partial charge >= 0.3 is 0 Å². The van der Waals surface area contributed by atoms with Crippen LogP contribution in [-0.4, -0.2) is 5.91 Å². The monoisotopic (exact) mass is 103 g/mol. The van der Waals surface area contributed by atoms with Crippen molar-refractivity contribution in [3.8, 4) is 0 Å². The highest BCUT2D eigenvalue weighted by Gasteiger charge is 1.84. The molecule has 0 fully saturated rings. The molecule has 40 valence electrons. The molecule has 0 aromatic carbocycles. The molecule has 2 nitrogen and oxygen atoms in total. The van der Waals surface area contributed by atoms with Gasteiger partial charge in [-0.05, 0) is 6.92 Å². The molecule has 0 unspecified atom stereocenters. The molecule has 0 aliphatic rings. The Labute approximate surface area is 40.8 Å². The van der Waals surface area contributed by atoms with Crippen molar-refractivity contribution in [3.05, 3.63) is 11.9 Å². The van der Waals surface area contributed by atoms with Crippen molar-refractivity contribution in [2.45, 2.75) is 6.92 Å². The Bertz CT molecular complexity index is 104. The smallest absolute Gasteiger partial charge is 0.243 e. The first-order valence-corrected chi connectivity index (χ1v) is 1.76. The molecular weight excluding hydrogens is 97.0 g/mol. The molecule has 0 saturated carbocycles. The van der Waals surface area contributed by atoms with E-state index in [4.69, 9.17) is 0 Å². The summed E-state index contributed by atoms with van der Waals surface area (Å²) in [7, 11) is 0. The van der Waals surface area contributed by atoms with E-state index in [1.54, 1.807) is 0 Å². The Morgan fingerprint density at radius 3 is 2.29 bits per heavy atom.